The standard InChI is InChI=1S/C13H19N3OS/c1-10-9-12(18-11(10)5-4-6-14)13(17)15-7-8-16(2)3/h9H,6-8,14H2,1-3H3,(H,15,17). The molecule has 18 heavy (non-hydrogen) atoms. The molecule has 0 radical (unpaired) electrons. The predicted octanol–water partition coefficient (Wildman–Crippen LogP) is 0.658. The molecule has 5 heteroatoms. The third-order valence-electron chi connectivity index (χ3n) is 2.29. The van der Waals surface area contributed by atoms with Gasteiger partial charge in [0.2, 0.25) is 0 Å². The first kappa shape index (κ1) is 14.7. The number of carbonyl (C=O) groups is 1. The van der Waals surface area contributed by atoms with Crippen molar-refractivity contribution in [3.05, 3.63) is 21.4 Å². The molecule has 3 N–H and O–H groups in total. The van der Waals surface area contributed by atoms with Crippen molar-refractivity contribution in [3.8, 4) is 11.8 Å². The largest absolute Gasteiger partial charge is 0.350 e. The van der Waals surface area contributed by atoms with Gasteiger partial charge in [-0.3, -0.25) is 4.79 Å². The Labute approximate surface area is 112 Å². The van der Waals surface area contributed by atoms with Crippen LogP contribution in [0.4, 0.5) is 0 Å². The van der Waals surface area contributed by atoms with Crippen LogP contribution in [0, 0.1) is 18.8 Å². The van der Waals surface area contributed by atoms with E-state index >= 15 is 0 Å². The van der Waals surface area contributed by atoms with Crippen LogP contribution < -0.4 is 11.1 Å². The van der Waals surface area contributed by atoms with E-state index in [1.54, 1.807) is 0 Å². The molecular weight excluding hydrogens is 246 g/mol. The average molecular weight is 265 g/mol. The lowest BCUT2D eigenvalue weighted by molar-refractivity contribution is 0.0955. The Kier molecular flexibility index (Phi) is 5.86. The van der Waals surface area contributed by atoms with Crippen molar-refractivity contribution in [2.45, 2.75) is 6.92 Å². The Morgan fingerprint density at radius 1 is 1.56 bits per heavy atom. The fourth-order valence-corrected chi connectivity index (χ4v) is 2.29. The summed E-state index contributed by atoms with van der Waals surface area (Å²) in [4.78, 5) is 15.5. The Morgan fingerprint density at radius 3 is 2.89 bits per heavy atom. The van der Waals surface area contributed by atoms with Crippen molar-refractivity contribution < 1.29 is 4.79 Å². The van der Waals surface area contributed by atoms with Crippen LogP contribution in [-0.4, -0.2) is 44.5 Å². The molecule has 1 aromatic heterocycles. The molecular formula is C13H19N3OS. The van der Waals surface area contributed by atoms with Crippen molar-refractivity contribution in [3.63, 3.8) is 0 Å². The lowest BCUT2D eigenvalue weighted by Crippen LogP contribution is -2.30. The molecule has 0 unspecified atom stereocenters. The minimum Gasteiger partial charge on any atom is -0.350 e. The Hall–Kier alpha value is -1.35. The Morgan fingerprint density at radius 2 is 2.28 bits per heavy atom. The SMILES string of the molecule is Cc1cc(C(=O)NCCN(C)C)sc1C#CCN. The van der Waals surface area contributed by atoms with Gasteiger partial charge in [-0.1, -0.05) is 11.8 Å². The molecule has 0 spiro atoms. The summed E-state index contributed by atoms with van der Waals surface area (Å²) in [6.45, 7) is 3.76. The monoisotopic (exact) mass is 265 g/mol. The first-order chi connectivity index (χ1) is 8.54. The van der Waals surface area contributed by atoms with Crippen molar-refractivity contribution in [2.75, 3.05) is 33.7 Å². The second kappa shape index (κ2) is 7.17. The smallest absolute Gasteiger partial charge is 0.261 e. The topological polar surface area (TPSA) is 58.4 Å². The zero-order valence-corrected chi connectivity index (χ0v) is 11.9. The van der Waals surface area contributed by atoms with E-state index in [4.69, 9.17) is 5.73 Å². The van der Waals surface area contributed by atoms with Crippen molar-refractivity contribution in [1.82, 2.24) is 10.2 Å². The van der Waals surface area contributed by atoms with Gasteiger partial charge in [-0.25, -0.2) is 0 Å². The van der Waals surface area contributed by atoms with Crippen LogP contribution in [0.25, 0.3) is 0 Å². The van der Waals surface area contributed by atoms with Gasteiger partial charge in [-0.2, -0.15) is 0 Å². The maximum absolute atomic E-state index is 11.9. The number of nitrogens with two attached hydrogens (primary N) is 1. The van der Waals surface area contributed by atoms with E-state index in [2.05, 4.69) is 17.2 Å². The molecule has 0 atom stereocenters. The molecule has 1 heterocycles. The quantitative estimate of drug-likeness (QED) is 0.786. The van der Waals surface area contributed by atoms with Gasteiger partial charge in [0, 0.05) is 13.1 Å². The second-order valence-corrected chi connectivity index (χ2v) is 5.24. The summed E-state index contributed by atoms with van der Waals surface area (Å²) >= 11 is 1.41. The molecule has 0 aromatic carbocycles. The molecule has 1 rings (SSSR count). The van der Waals surface area contributed by atoms with Gasteiger partial charge in [-0.05, 0) is 32.6 Å². The van der Waals surface area contributed by atoms with E-state index in [-0.39, 0.29) is 5.91 Å². The third kappa shape index (κ3) is 4.49. The molecule has 98 valence electrons. The van der Waals surface area contributed by atoms with Gasteiger partial charge in [0.15, 0.2) is 0 Å². The Balaban J connectivity index is 2.64. The number of nitrogens with zero attached hydrogens (tertiary/aromatic N) is 1. The van der Waals surface area contributed by atoms with Gasteiger partial charge in [0.1, 0.15) is 0 Å². The normalized spacial score (nSPS) is 10.1. The summed E-state index contributed by atoms with van der Waals surface area (Å²) in [6, 6.07) is 1.87. The summed E-state index contributed by atoms with van der Waals surface area (Å²) in [5, 5.41) is 2.88. The highest BCUT2D eigenvalue weighted by Crippen LogP contribution is 2.20. The fraction of sp³-hybridized carbons (Fsp3) is 0.462. The molecule has 0 fully saturated rings. The van der Waals surface area contributed by atoms with Gasteiger partial charge in [0.05, 0.1) is 16.3 Å². The zero-order valence-electron chi connectivity index (χ0n) is 11.0. The summed E-state index contributed by atoms with van der Waals surface area (Å²) in [6.07, 6.45) is 0. The number of carbonyl (C=O) groups excluding carboxylic acids is 1. The molecule has 0 aliphatic carbocycles. The van der Waals surface area contributed by atoms with Crippen LogP contribution in [0.5, 0.6) is 0 Å². The van der Waals surface area contributed by atoms with Crippen LogP contribution in [0.2, 0.25) is 0 Å². The molecule has 1 aromatic rings. The zero-order chi connectivity index (χ0) is 13.5. The van der Waals surface area contributed by atoms with Crippen LogP contribution in [0.3, 0.4) is 0 Å². The van der Waals surface area contributed by atoms with Crippen LogP contribution in [0.1, 0.15) is 20.1 Å². The molecule has 0 saturated carbocycles. The van der Waals surface area contributed by atoms with E-state index in [0.717, 1.165) is 17.0 Å². The highest BCUT2D eigenvalue weighted by atomic mass is 32.1. The molecule has 4 nitrogen and oxygen atoms in total. The van der Waals surface area contributed by atoms with Crippen LogP contribution in [-0.2, 0) is 0 Å². The number of likely N-dealkylation sites (N-methyl/N-ethyl adjacent to an activating group) is 1. The highest BCUT2D eigenvalue weighted by Gasteiger charge is 2.10. The summed E-state index contributed by atoms with van der Waals surface area (Å²) in [5.41, 5.74) is 6.36. The van der Waals surface area contributed by atoms with E-state index in [0.29, 0.717) is 18.0 Å². The van der Waals surface area contributed by atoms with Crippen LogP contribution >= 0.6 is 11.3 Å². The number of thiophene rings is 1. The number of rotatable bonds is 4. The van der Waals surface area contributed by atoms with Gasteiger partial charge >= 0.3 is 0 Å². The maximum atomic E-state index is 11.9. The van der Waals surface area contributed by atoms with Crippen molar-refractivity contribution >= 4 is 17.2 Å². The number of hydrogen-bond donors (Lipinski definition) is 2. The number of amides is 1. The lowest BCUT2D eigenvalue weighted by Gasteiger charge is -2.09. The molecule has 0 saturated heterocycles. The maximum Gasteiger partial charge on any atom is 0.261 e. The Bertz CT molecular complexity index is 468. The molecule has 0 aliphatic rings. The van der Waals surface area contributed by atoms with Gasteiger partial charge in [0.25, 0.3) is 5.91 Å². The first-order valence-corrected chi connectivity index (χ1v) is 6.58. The van der Waals surface area contributed by atoms with Crippen LogP contribution in [0.15, 0.2) is 6.07 Å². The van der Waals surface area contributed by atoms with E-state index < -0.39 is 0 Å². The van der Waals surface area contributed by atoms with Crippen molar-refractivity contribution in [2.24, 2.45) is 5.73 Å². The minimum absolute atomic E-state index is 0.0363. The average Bonchev–Trinajstić information content (AvgIpc) is 2.67. The summed E-state index contributed by atoms with van der Waals surface area (Å²) in [5.74, 6) is 5.75. The fourth-order valence-electron chi connectivity index (χ4n) is 1.33. The predicted molar refractivity (Wildman–Crippen MR) is 75.9 cm³/mol. The third-order valence-corrected chi connectivity index (χ3v) is 3.44. The van der Waals surface area contributed by atoms with Gasteiger partial charge in [-0.15, -0.1) is 11.3 Å². The highest BCUT2D eigenvalue weighted by molar-refractivity contribution is 7.14. The molecule has 0 aliphatic heterocycles. The van der Waals surface area contributed by atoms with E-state index in [1.165, 1.54) is 11.3 Å². The van der Waals surface area contributed by atoms with E-state index in [1.807, 2.05) is 32.0 Å². The van der Waals surface area contributed by atoms with E-state index in [9.17, 15) is 4.79 Å². The summed E-state index contributed by atoms with van der Waals surface area (Å²) < 4.78 is 0. The summed E-state index contributed by atoms with van der Waals surface area (Å²) in [7, 11) is 3.95. The molecule has 1 amide bonds. The second-order valence-electron chi connectivity index (χ2n) is 4.19. The first-order valence-electron chi connectivity index (χ1n) is 5.77. The minimum atomic E-state index is -0.0363. The molecule has 0 bridgehead atoms. The number of aryl methyl sites for hydroxylation is 1. The number of nitrogens with one attached hydrogen (secondary N) is 1. The van der Waals surface area contributed by atoms with Gasteiger partial charge < -0.3 is 16.0 Å². The van der Waals surface area contributed by atoms with Crippen molar-refractivity contribution in [1.29, 1.82) is 0 Å². The number of hydrogen-bond acceptors (Lipinski definition) is 4. The lowest BCUT2D eigenvalue weighted by atomic mass is 10.2.